The molecule has 0 bridgehead atoms. The maximum absolute atomic E-state index is 12.3. The molecule has 23 heavy (non-hydrogen) atoms. The molecule has 0 radical (unpaired) electrons. The van der Waals surface area contributed by atoms with Gasteiger partial charge in [0, 0.05) is 35.7 Å². The van der Waals surface area contributed by atoms with Gasteiger partial charge in [-0.05, 0) is 74.2 Å². The smallest absolute Gasteiger partial charge is 0.255 e. The van der Waals surface area contributed by atoms with Crippen LogP contribution in [0.5, 0.6) is 0 Å². The van der Waals surface area contributed by atoms with Crippen molar-refractivity contribution in [3.8, 4) is 0 Å². The van der Waals surface area contributed by atoms with Gasteiger partial charge in [0.2, 0.25) is 0 Å². The van der Waals surface area contributed by atoms with Crippen LogP contribution in [0, 0.1) is 6.92 Å². The van der Waals surface area contributed by atoms with Gasteiger partial charge in [-0.1, -0.05) is 0 Å². The van der Waals surface area contributed by atoms with Crippen molar-refractivity contribution in [3.63, 3.8) is 0 Å². The average molecular weight is 309 g/mol. The molecule has 0 aliphatic carbocycles. The predicted molar refractivity (Wildman–Crippen MR) is 96.1 cm³/mol. The molecule has 1 heterocycles. The van der Waals surface area contributed by atoms with Crippen molar-refractivity contribution >= 4 is 23.0 Å². The van der Waals surface area contributed by atoms with Crippen LogP contribution in [0.1, 0.15) is 35.2 Å². The quantitative estimate of drug-likeness (QED) is 0.847. The van der Waals surface area contributed by atoms with Gasteiger partial charge in [0.05, 0.1) is 0 Å². The van der Waals surface area contributed by atoms with E-state index in [0.29, 0.717) is 11.3 Å². The Bertz CT molecular complexity index is 688. The standard InChI is InChI=1S/C19H23N3O/c1-14-13-15(5-10-18(14)20)19(23)21-16-6-8-17(9-7-16)22-11-3-2-4-12-22/h5-10,13H,2-4,11-12,20H2,1H3,(H,21,23). The third kappa shape index (κ3) is 3.65. The molecule has 1 aliphatic rings. The summed E-state index contributed by atoms with van der Waals surface area (Å²) in [4.78, 5) is 14.7. The molecule has 4 nitrogen and oxygen atoms in total. The molecule has 1 amide bonds. The fourth-order valence-electron chi connectivity index (χ4n) is 2.93. The molecule has 0 unspecified atom stereocenters. The predicted octanol–water partition coefficient (Wildman–Crippen LogP) is 3.82. The number of aryl methyl sites for hydroxylation is 1. The number of anilines is 3. The fraction of sp³-hybridized carbons (Fsp3) is 0.316. The summed E-state index contributed by atoms with van der Waals surface area (Å²) in [5.74, 6) is -0.112. The lowest BCUT2D eigenvalue weighted by Crippen LogP contribution is -2.29. The summed E-state index contributed by atoms with van der Waals surface area (Å²) in [6, 6.07) is 13.4. The van der Waals surface area contributed by atoms with E-state index in [-0.39, 0.29) is 5.91 Å². The van der Waals surface area contributed by atoms with Crippen molar-refractivity contribution in [1.29, 1.82) is 0 Å². The summed E-state index contributed by atoms with van der Waals surface area (Å²) in [6.07, 6.45) is 3.84. The molecule has 4 heteroatoms. The third-order valence-electron chi connectivity index (χ3n) is 4.38. The van der Waals surface area contributed by atoms with E-state index in [2.05, 4.69) is 22.3 Å². The molecule has 2 aromatic carbocycles. The highest BCUT2D eigenvalue weighted by Gasteiger charge is 2.11. The van der Waals surface area contributed by atoms with Crippen LogP contribution in [-0.2, 0) is 0 Å². The highest BCUT2D eigenvalue weighted by molar-refractivity contribution is 6.04. The number of nitrogens with zero attached hydrogens (tertiary/aromatic N) is 1. The monoisotopic (exact) mass is 309 g/mol. The fourth-order valence-corrected chi connectivity index (χ4v) is 2.93. The topological polar surface area (TPSA) is 58.4 Å². The summed E-state index contributed by atoms with van der Waals surface area (Å²) < 4.78 is 0. The van der Waals surface area contributed by atoms with E-state index < -0.39 is 0 Å². The molecule has 1 aliphatic heterocycles. The summed E-state index contributed by atoms with van der Waals surface area (Å²) in [5, 5.41) is 2.94. The maximum atomic E-state index is 12.3. The van der Waals surface area contributed by atoms with E-state index in [0.717, 1.165) is 24.3 Å². The van der Waals surface area contributed by atoms with Crippen molar-refractivity contribution < 1.29 is 4.79 Å². The molecule has 0 aromatic heterocycles. The van der Waals surface area contributed by atoms with Crippen LogP contribution in [0.3, 0.4) is 0 Å². The van der Waals surface area contributed by atoms with Gasteiger partial charge in [-0.25, -0.2) is 0 Å². The minimum atomic E-state index is -0.112. The number of piperidine rings is 1. The van der Waals surface area contributed by atoms with Gasteiger partial charge in [-0.15, -0.1) is 0 Å². The second-order valence-corrected chi connectivity index (χ2v) is 6.12. The lowest BCUT2D eigenvalue weighted by Gasteiger charge is -2.28. The number of nitrogens with one attached hydrogen (secondary N) is 1. The zero-order valence-electron chi connectivity index (χ0n) is 13.5. The number of rotatable bonds is 3. The van der Waals surface area contributed by atoms with Crippen LogP contribution in [0.2, 0.25) is 0 Å². The van der Waals surface area contributed by atoms with Gasteiger partial charge in [0.15, 0.2) is 0 Å². The molecule has 0 atom stereocenters. The van der Waals surface area contributed by atoms with Crippen LogP contribution >= 0.6 is 0 Å². The third-order valence-corrected chi connectivity index (χ3v) is 4.38. The number of nitrogens with two attached hydrogens (primary N) is 1. The lowest BCUT2D eigenvalue weighted by atomic mass is 10.1. The number of hydrogen-bond donors (Lipinski definition) is 2. The first-order valence-corrected chi connectivity index (χ1v) is 8.16. The first-order valence-electron chi connectivity index (χ1n) is 8.16. The molecule has 3 N–H and O–H groups in total. The van der Waals surface area contributed by atoms with Crippen molar-refractivity contribution in [3.05, 3.63) is 53.6 Å². The van der Waals surface area contributed by atoms with Crippen molar-refractivity contribution in [2.45, 2.75) is 26.2 Å². The minimum Gasteiger partial charge on any atom is -0.399 e. The molecule has 1 saturated heterocycles. The van der Waals surface area contributed by atoms with Crippen LogP contribution in [0.15, 0.2) is 42.5 Å². The minimum absolute atomic E-state index is 0.112. The molecule has 120 valence electrons. The van der Waals surface area contributed by atoms with E-state index in [9.17, 15) is 4.79 Å². The van der Waals surface area contributed by atoms with E-state index in [1.807, 2.05) is 25.1 Å². The number of carbonyl (C=O) groups is 1. The summed E-state index contributed by atoms with van der Waals surface area (Å²) in [7, 11) is 0. The largest absolute Gasteiger partial charge is 0.399 e. The average Bonchev–Trinajstić information content (AvgIpc) is 2.59. The molecular weight excluding hydrogens is 286 g/mol. The molecule has 1 fully saturated rings. The number of amides is 1. The van der Waals surface area contributed by atoms with Crippen LogP contribution < -0.4 is 16.0 Å². The maximum Gasteiger partial charge on any atom is 0.255 e. The van der Waals surface area contributed by atoms with Gasteiger partial charge in [-0.2, -0.15) is 0 Å². The highest BCUT2D eigenvalue weighted by atomic mass is 16.1. The summed E-state index contributed by atoms with van der Waals surface area (Å²) in [6.45, 7) is 4.15. The van der Waals surface area contributed by atoms with E-state index in [1.165, 1.54) is 24.9 Å². The summed E-state index contributed by atoms with van der Waals surface area (Å²) in [5.41, 5.74) is 10.1. The van der Waals surface area contributed by atoms with E-state index in [4.69, 9.17) is 5.73 Å². The Hall–Kier alpha value is -2.49. The van der Waals surface area contributed by atoms with Crippen LogP contribution in [0.25, 0.3) is 0 Å². The number of benzene rings is 2. The van der Waals surface area contributed by atoms with Crippen LogP contribution in [0.4, 0.5) is 17.1 Å². The first-order chi connectivity index (χ1) is 11.1. The van der Waals surface area contributed by atoms with Gasteiger partial charge < -0.3 is 16.0 Å². The normalized spacial score (nSPS) is 14.6. The Morgan fingerprint density at radius 3 is 2.39 bits per heavy atom. The Morgan fingerprint density at radius 1 is 1.04 bits per heavy atom. The molecule has 2 aromatic rings. The molecule has 3 rings (SSSR count). The molecule has 0 saturated carbocycles. The Kier molecular flexibility index (Phi) is 4.51. The zero-order chi connectivity index (χ0) is 16.2. The van der Waals surface area contributed by atoms with Gasteiger partial charge in [0.1, 0.15) is 0 Å². The highest BCUT2D eigenvalue weighted by Crippen LogP contribution is 2.22. The van der Waals surface area contributed by atoms with E-state index >= 15 is 0 Å². The number of carbonyl (C=O) groups excluding carboxylic acids is 1. The summed E-state index contributed by atoms with van der Waals surface area (Å²) >= 11 is 0. The van der Waals surface area contributed by atoms with Gasteiger partial charge >= 0.3 is 0 Å². The Balaban J connectivity index is 1.67. The SMILES string of the molecule is Cc1cc(C(=O)Nc2ccc(N3CCCCC3)cc2)ccc1N. The van der Waals surface area contributed by atoms with Crippen molar-refractivity contribution in [1.82, 2.24) is 0 Å². The zero-order valence-corrected chi connectivity index (χ0v) is 13.5. The van der Waals surface area contributed by atoms with Crippen LogP contribution in [-0.4, -0.2) is 19.0 Å². The Labute approximate surface area is 137 Å². The first kappa shape index (κ1) is 15.4. The van der Waals surface area contributed by atoms with Gasteiger partial charge in [-0.3, -0.25) is 4.79 Å². The molecular formula is C19H23N3O. The second-order valence-electron chi connectivity index (χ2n) is 6.12. The van der Waals surface area contributed by atoms with E-state index in [1.54, 1.807) is 12.1 Å². The number of nitrogen functional groups attached to an aromatic ring is 1. The number of hydrogen-bond acceptors (Lipinski definition) is 3. The lowest BCUT2D eigenvalue weighted by molar-refractivity contribution is 0.102. The van der Waals surface area contributed by atoms with Crippen molar-refractivity contribution in [2.75, 3.05) is 29.0 Å². The second kappa shape index (κ2) is 6.73. The van der Waals surface area contributed by atoms with Gasteiger partial charge in [0.25, 0.3) is 5.91 Å². The van der Waals surface area contributed by atoms with Crippen molar-refractivity contribution in [2.24, 2.45) is 0 Å². The molecule has 0 spiro atoms. The Morgan fingerprint density at radius 2 is 1.74 bits per heavy atom.